The molecule has 138 valence electrons. The highest BCUT2D eigenvalue weighted by atomic mass is 32.1. The van der Waals surface area contributed by atoms with Gasteiger partial charge in [0.2, 0.25) is 5.91 Å². The Labute approximate surface area is 158 Å². The molecule has 0 unspecified atom stereocenters. The minimum Gasteiger partial charge on any atom is -0.365 e. The third-order valence-electron chi connectivity index (χ3n) is 4.73. The zero-order valence-electron chi connectivity index (χ0n) is 15.1. The van der Waals surface area contributed by atoms with Crippen LogP contribution in [0, 0.1) is 0 Å². The van der Waals surface area contributed by atoms with E-state index in [4.69, 9.17) is 5.73 Å². The lowest BCUT2D eigenvalue weighted by molar-refractivity contribution is -0.117. The monoisotopic (exact) mass is 371 g/mol. The number of carbonyl (C=O) groups is 2. The van der Waals surface area contributed by atoms with Crippen molar-refractivity contribution < 1.29 is 9.59 Å². The van der Waals surface area contributed by atoms with Crippen LogP contribution in [0.15, 0.2) is 30.3 Å². The highest BCUT2D eigenvalue weighted by molar-refractivity contribution is 7.17. The Morgan fingerprint density at radius 3 is 2.62 bits per heavy atom. The van der Waals surface area contributed by atoms with Crippen LogP contribution >= 0.6 is 11.3 Å². The number of hydrogen-bond donors (Lipinski definition) is 2. The molecule has 1 aliphatic carbocycles. The summed E-state index contributed by atoms with van der Waals surface area (Å²) in [5, 5.41) is 3.55. The standard InChI is InChI=1S/C20H25N3O2S/c1-2-23(12-14-8-4-3-5-9-14)13-17(24)22-20-18(19(21)25)15-10-6-7-11-16(15)26-20/h3-5,8-9H,2,6-7,10-13H2,1H3,(H2,21,25)(H,22,24). The highest BCUT2D eigenvalue weighted by Crippen LogP contribution is 2.37. The zero-order chi connectivity index (χ0) is 18.5. The summed E-state index contributed by atoms with van der Waals surface area (Å²) in [4.78, 5) is 27.7. The van der Waals surface area contributed by atoms with Crippen molar-refractivity contribution in [3.05, 3.63) is 51.9 Å². The van der Waals surface area contributed by atoms with Crippen LogP contribution in [0.4, 0.5) is 5.00 Å². The predicted molar refractivity (Wildman–Crippen MR) is 106 cm³/mol. The molecule has 0 bridgehead atoms. The third-order valence-corrected chi connectivity index (χ3v) is 5.94. The summed E-state index contributed by atoms with van der Waals surface area (Å²) < 4.78 is 0. The molecule has 0 radical (unpaired) electrons. The number of amides is 2. The molecule has 0 aliphatic heterocycles. The zero-order valence-corrected chi connectivity index (χ0v) is 15.9. The van der Waals surface area contributed by atoms with Crippen molar-refractivity contribution in [2.75, 3.05) is 18.4 Å². The number of thiophene rings is 1. The lowest BCUT2D eigenvalue weighted by Gasteiger charge is -2.19. The first-order chi connectivity index (χ1) is 12.6. The normalized spacial score (nSPS) is 13.5. The number of likely N-dealkylation sites (N-methyl/N-ethyl adjacent to an activating group) is 1. The van der Waals surface area contributed by atoms with E-state index in [1.165, 1.54) is 21.8 Å². The number of benzene rings is 1. The molecule has 0 spiro atoms. The quantitative estimate of drug-likeness (QED) is 0.785. The van der Waals surface area contributed by atoms with Crippen LogP contribution < -0.4 is 11.1 Å². The Morgan fingerprint density at radius 2 is 1.92 bits per heavy atom. The first kappa shape index (κ1) is 18.6. The number of hydrogen-bond acceptors (Lipinski definition) is 4. The number of anilines is 1. The smallest absolute Gasteiger partial charge is 0.251 e. The summed E-state index contributed by atoms with van der Waals surface area (Å²) in [5.74, 6) is -0.555. The maximum absolute atomic E-state index is 12.6. The molecule has 0 saturated carbocycles. The number of fused-ring (bicyclic) bond motifs is 1. The van der Waals surface area contributed by atoms with Crippen LogP contribution in [-0.2, 0) is 24.2 Å². The Balaban J connectivity index is 1.69. The van der Waals surface area contributed by atoms with Gasteiger partial charge in [-0.3, -0.25) is 14.5 Å². The van der Waals surface area contributed by atoms with E-state index in [9.17, 15) is 9.59 Å². The molecule has 2 aromatic rings. The molecular weight excluding hydrogens is 346 g/mol. The summed E-state index contributed by atoms with van der Waals surface area (Å²) in [6.07, 6.45) is 4.03. The number of nitrogens with two attached hydrogens (primary N) is 1. The summed E-state index contributed by atoms with van der Waals surface area (Å²) in [7, 11) is 0. The fourth-order valence-electron chi connectivity index (χ4n) is 3.40. The highest BCUT2D eigenvalue weighted by Gasteiger charge is 2.25. The van der Waals surface area contributed by atoms with Crippen LogP contribution in [0.25, 0.3) is 0 Å². The molecule has 1 aliphatic rings. The Hall–Kier alpha value is -2.18. The maximum Gasteiger partial charge on any atom is 0.251 e. The van der Waals surface area contributed by atoms with E-state index in [0.717, 1.165) is 37.8 Å². The number of rotatable bonds is 7. The van der Waals surface area contributed by atoms with Gasteiger partial charge in [-0.15, -0.1) is 11.3 Å². The topological polar surface area (TPSA) is 75.4 Å². The van der Waals surface area contributed by atoms with Crippen molar-refractivity contribution in [1.82, 2.24) is 4.90 Å². The van der Waals surface area contributed by atoms with Crippen LogP contribution in [-0.4, -0.2) is 29.8 Å². The van der Waals surface area contributed by atoms with Gasteiger partial charge >= 0.3 is 0 Å². The molecule has 1 heterocycles. The van der Waals surface area contributed by atoms with Crippen molar-refractivity contribution in [2.45, 2.75) is 39.2 Å². The molecule has 3 N–H and O–H groups in total. The third kappa shape index (κ3) is 4.31. The Bertz CT molecular complexity index is 786. The number of nitrogens with zero attached hydrogens (tertiary/aromatic N) is 1. The van der Waals surface area contributed by atoms with Crippen molar-refractivity contribution >= 4 is 28.2 Å². The first-order valence-electron chi connectivity index (χ1n) is 9.09. The predicted octanol–water partition coefficient (Wildman–Crippen LogP) is 3.19. The van der Waals surface area contributed by atoms with Crippen LogP contribution in [0.1, 0.15) is 46.1 Å². The molecule has 0 saturated heterocycles. The van der Waals surface area contributed by atoms with Gasteiger partial charge in [0.15, 0.2) is 0 Å². The fourth-order valence-corrected chi connectivity index (χ4v) is 4.72. The molecule has 1 aromatic heterocycles. The summed E-state index contributed by atoms with van der Waals surface area (Å²) in [5.41, 5.74) is 8.33. The SMILES string of the molecule is CCN(CC(=O)Nc1sc2c(c1C(N)=O)CCCC2)Cc1ccccc1. The number of primary amides is 1. The van der Waals surface area contributed by atoms with Gasteiger partial charge < -0.3 is 11.1 Å². The van der Waals surface area contributed by atoms with Gasteiger partial charge in [0.25, 0.3) is 5.91 Å². The average molecular weight is 372 g/mol. The minimum absolute atomic E-state index is 0.108. The van der Waals surface area contributed by atoms with E-state index in [2.05, 4.69) is 22.3 Å². The summed E-state index contributed by atoms with van der Waals surface area (Å²) >= 11 is 1.51. The molecule has 2 amide bonds. The number of aryl methyl sites for hydroxylation is 1. The molecule has 26 heavy (non-hydrogen) atoms. The Kier molecular flexibility index (Phi) is 6.06. The van der Waals surface area contributed by atoms with E-state index < -0.39 is 5.91 Å². The maximum atomic E-state index is 12.6. The van der Waals surface area contributed by atoms with Crippen LogP contribution in [0.3, 0.4) is 0 Å². The second kappa shape index (κ2) is 8.47. The van der Waals surface area contributed by atoms with Crippen LogP contribution in [0.5, 0.6) is 0 Å². The molecule has 0 atom stereocenters. The first-order valence-corrected chi connectivity index (χ1v) is 9.90. The van der Waals surface area contributed by atoms with Crippen molar-refractivity contribution in [3.8, 4) is 0 Å². The van der Waals surface area contributed by atoms with E-state index in [1.54, 1.807) is 0 Å². The number of nitrogens with one attached hydrogen (secondary N) is 1. The molecule has 3 rings (SSSR count). The molecule has 5 nitrogen and oxygen atoms in total. The molecule has 1 aromatic carbocycles. The molecule has 6 heteroatoms. The van der Waals surface area contributed by atoms with Crippen molar-refractivity contribution in [2.24, 2.45) is 5.73 Å². The van der Waals surface area contributed by atoms with Crippen molar-refractivity contribution in [1.29, 1.82) is 0 Å². The second-order valence-corrected chi connectivity index (χ2v) is 7.72. The minimum atomic E-state index is -0.448. The lowest BCUT2D eigenvalue weighted by atomic mass is 9.95. The van der Waals surface area contributed by atoms with Gasteiger partial charge in [-0.2, -0.15) is 0 Å². The summed E-state index contributed by atoms with van der Waals surface area (Å²) in [6.45, 7) is 3.81. The van der Waals surface area contributed by atoms with E-state index in [0.29, 0.717) is 17.1 Å². The second-order valence-electron chi connectivity index (χ2n) is 6.62. The summed E-state index contributed by atoms with van der Waals surface area (Å²) in [6, 6.07) is 10.1. The lowest BCUT2D eigenvalue weighted by Crippen LogP contribution is -2.33. The van der Waals surface area contributed by atoms with Gasteiger partial charge in [-0.05, 0) is 43.4 Å². The van der Waals surface area contributed by atoms with Gasteiger partial charge in [-0.25, -0.2) is 0 Å². The van der Waals surface area contributed by atoms with Gasteiger partial charge in [-0.1, -0.05) is 37.3 Å². The van der Waals surface area contributed by atoms with E-state index in [1.807, 2.05) is 25.1 Å². The van der Waals surface area contributed by atoms with E-state index >= 15 is 0 Å². The Morgan fingerprint density at radius 1 is 1.19 bits per heavy atom. The van der Waals surface area contributed by atoms with Gasteiger partial charge in [0, 0.05) is 11.4 Å². The van der Waals surface area contributed by atoms with Gasteiger partial charge in [0.1, 0.15) is 5.00 Å². The van der Waals surface area contributed by atoms with Crippen LogP contribution in [0.2, 0.25) is 0 Å². The fraction of sp³-hybridized carbons (Fsp3) is 0.400. The molecular formula is C20H25N3O2S. The van der Waals surface area contributed by atoms with Gasteiger partial charge in [0.05, 0.1) is 12.1 Å². The number of carbonyl (C=O) groups excluding carboxylic acids is 2. The van der Waals surface area contributed by atoms with E-state index in [-0.39, 0.29) is 12.5 Å². The molecule has 0 fully saturated rings. The van der Waals surface area contributed by atoms with Crippen molar-refractivity contribution in [3.63, 3.8) is 0 Å². The average Bonchev–Trinajstić information content (AvgIpc) is 2.99. The largest absolute Gasteiger partial charge is 0.365 e.